The minimum absolute atomic E-state index is 0.00741. The monoisotopic (exact) mass is 305 g/mol. The Kier molecular flexibility index (Phi) is 5.66. The van der Waals surface area contributed by atoms with Crippen LogP contribution >= 0.6 is 0 Å². The standard InChI is InChI=1S/C17H23NO4/c1-2-3-4-5-6-13-11-15(19)16(13)17(20)12-7-9-14(10-8-12)18(21)22/h7-10,13,16-17,20H,2-6,11H2,1H3/t13-,16+,17-/m0/s1. The third kappa shape index (κ3) is 3.71. The van der Waals surface area contributed by atoms with Gasteiger partial charge in [-0.2, -0.15) is 0 Å². The van der Waals surface area contributed by atoms with Gasteiger partial charge in [-0.05, 0) is 30.0 Å². The van der Waals surface area contributed by atoms with Gasteiger partial charge in [0.1, 0.15) is 5.78 Å². The second-order valence-corrected chi connectivity index (χ2v) is 6.10. The smallest absolute Gasteiger partial charge is 0.269 e. The minimum atomic E-state index is -0.849. The number of non-ortho nitro benzene ring substituents is 1. The summed E-state index contributed by atoms with van der Waals surface area (Å²) >= 11 is 0. The number of ketones is 1. The molecule has 22 heavy (non-hydrogen) atoms. The fourth-order valence-corrected chi connectivity index (χ4v) is 3.17. The molecule has 0 aromatic heterocycles. The van der Waals surface area contributed by atoms with Crippen molar-refractivity contribution in [3.8, 4) is 0 Å². The molecule has 1 saturated carbocycles. The first-order valence-electron chi connectivity index (χ1n) is 7.99. The van der Waals surface area contributed by atoms with Crippen molar-refractivity contribution < 1.29 is 14.8 Å². The summed E-state index contributed by atoms with van der Waals surface area (Å²) in [6.45, 7) is 2.16. The predicted molar refractivity (Wildman–Crippen MR) is 83.4 cm³/mol. The van der Waals surface area contributed by atoms with Crippen LogP contribution in [0.5, 0.6) is 0 Å². The van der Waals surface area contributed by atoms with Crippen LogP contribution in [-0.2, 0) is 4.79 Å². The summed E-state index contributed by atoms with van der Waals surface area (Å²) in [4.78, 5) is 22.0. The molecular weight excluding hydrogens is 282 g/mol. The summed E-state index contributed by atoms with van der Waals surface area (Å²) < 4.78 is 0. The zero-order valence-corrected chi connectivity index (χ0v) is 12.9. The van der Waals surface area contributed by atoms with Crippen LogP contribution in [0, 0.1) is 22.0 Å². The molecule has 1 aliphatic carbocycles. The van der Waals surface area contributed by atoms with Crippen LogP contribution in [0.4, 0.5) is 5.69 Å². The largest absolute Gasteiger partial charge is 0.388 e. The topological polar surface area (TPSA) is 80.4 Å². The molecule has 3 atom stereocenters. The SMILES string of the molecule is CCCCCC[C@H]1CC(=O)[C@@H]1[C@@H](O)c1ccc([N+](=O)[O-])cc1. The molecule has 0 aliphatic heterocycles. The van der Waals surface area contributed by atoms with Gasteiger partial charge < -0.3 is 5.11 Å². The van der Waals surface area contributed by atoms with Gasteiger partial charge in [-0.3, -0.25) is 14.9 Å². The molecule has 120 valence electrons. The van der Waals surface area contributed by atoms with Crippen molar-refractivity contribution in [3.63, 3.8) is 0 Å². The second kappa shape index (κ2) is 7.49. The Morgan fingerprint density at radius 2 is 1.95 bits per heavy atom. The van der Waals surface area contributed by atoms with Crippen LogP contribution in [0.2, 0.25) is 0 Å². The first kappa shape index (κ1) is 16.6. The van der Waals surface area contributed by atoms with Crippen LogP contribution in [0.15, 0.2) is 24.3 Å². The molecule has 1 aliphatic rings. The van der Waals surface area contributed by atoms with Gasteiger partial charge >= 0.3 is 0 Å². The maximum Gasteiger partial charge on any atom is 0.269 e. The van der Waals surface area contributed by atoms with Gasteiger partial charge in [-0.1, -0.05) is 32.6 Å². The Balaban J connectivity index is 1.96. The fraction of sp³-hybridized carbons (Fsp3) is 0.588. The molecule has 5 heteroatoms. The number of rotatable bonds is 8. The van der Waals surface area contributed by atoms with Crippen LogP contribution in [-0.4, -0.2) is 15.8 Å². The van der Waals surface area contributed by atoms with E-state index in [-0.39, 0.29) is 23.3 Å². The molecule has 0 amide bonds. The van der Waals surface area contributed by atoms with E-state index in [0.29, 0.717) is 12.0 Å². The molecule has 2 rings (SSSR count). The number of hydrogen-bond donors (Lipinski definition) is 1. The number of aliphatic hydroxyl groups is 1. The molecule has 1 aromatic carbocycles. The predicted octanol–water partition coefficient (Wildman–Crippen LogP) is 3.80. The summed E-state index contributed by atoms with van der Waals surface area (Å²) in [5.41, 5.74) is 0.578. The first-order chi connectivity index (χ1) is 10.5. The van der Waals surface area contributed by atoms with E-state index in [1.54, 1.807) is 12.1 Å². The highest BCUT2D eigenvalue weighted by Crippen LogP contribution is 2.43. The van der Waals surface area contributed by atoms with Gasteiger partial charge in [0.25, 0.3) is 5.69 Å². The molecule has 0 heterocycles. The number of aliphatic hydroxyl groups excluding tert-OH is 1. The third-order valence-electron chi connectivity index (χ3n) is 4.56. The van der Waals surface area contributed by atoms with Crippen LogP contribution in [0.25, 0.3) is 0 Å². The van der Waals surface area contributed by atoms with E-state index in [1.165, 1.54) is 31.4 Å². The Hall–Kier alpha value is -1.75. The maximum atomic E-state index is 11.9. The third-order valence-corrected chi connectivity index (χ3v) is 4.56. The van der Waals surface area contributed by atoms with Crippen molar-refractivity contribution in [2.24, 2.45) is 11.8 Å². The van der Waals surface area contributed by atoms with E-state index < -0.39 is 11.0 Å². The average molecular weight is 305 g/mol. The van der Waals surface area contributed by atoms with Gasteiger partial charge in [0.15, 0.2) is 0 Å². The highest BCUT2D eigenvalue weighted by Gasteiger charge is 2.43. The van der Waals surface area contributed by atoms with Gasteiger partial charge in [0.2, 0.25) is 0 Å². The van der Waals surface area contributed by atoms with Crippen molar-refractivity contribution in [1.82, 2.24) is 0 Å². The lowest BCUT2D eigenvalue weighted by Crippen LogP contribution is -2.41. The maximum absolute atomic E-state index is 11.9. The van der Waals surface area contributed by atoms with Crippen molar-refractivity contribution in [2.75, 3.05) is 0 Å². The van der Waals surface area contributed by atoms with Crippen molar-refractivity contribution in [2.45, 2.75) is 51.6 Å². The number of carbonyl (C=O) groups excluding carboxylic acids is 1. The highest BCUT2D eigenvalue weighted by atomic mass is 16.6. The Bertz CT molecular complexity index is 526. The molecular formula is C17H23NO4. The fourth-order valence-electron chi connectivity index (χ4n) is 3.17. The number of unbranched alkanes of at least 4 members (excludes halogenated alkanes) is 3. The number of nitro groups is 1. The Morgan fingerprint density at radius 3 is 2.50 bits per heavy atom. The summed E-state index contributed by atoms with van der Waals surface area (Å²) in [5, 5.41) is 21.1. The Labute approximate surface area is 130 Å². The lowest BCUT2D eigenvalue weighted by Gasteiger charge is -2.38. The van der Waals surface area contributed by atoms with E-state index in [2.05, 4.69) is 6.92 Å². The molecule has 1 N–H and O–H groups in total. The lowest BCUT2D eigenvalue weighted by molar-refractivity contribution is -0.384. The van der Waals surface area contributed by atoms with E-state index in [9.17, 15) is 20.0 Å². The molecule has 1 aromatic rings. The average Bonchev–Trinajstić information content (AvgIpc) is 2.50. The summed E-state index contributed by atoms with van der Waals surface area (Å²) in [5.74, 6) is 0.00368. The number of carbonyl (C=O) groups is 1. The normalized spacial score (nSPS) is 22.2. The van der Waals surface area contributed by atoms with Crippen molar-refractivity contribution in [3.05, 3.63) is 39.9 Å². The lowest BCUT2D eigenvalue weighted by atomic mass is 9.66. The minimum Gasteiger partial charge on any atom is -0.388 e. The summed E-state index contributed by atoms with van der Waals surface area (Å²) in [6.07, 6.45) is 5.32. The summed E-state index contributed by atoms with van der Waals surface area (Å²) in [6, 6.07) is 5.83. The number of nitrogens with zero attached hydrogens (tertiary/aromatic N) is 1. The van der Waals surface area contributed by atoms with Crippen LogP contribution in [0.3, 0.4) is 0 Å². The van der Waals surface area contributed by atoms with Gasteiger partial charge in [-0.25, -0.2) is 0 Å². The van der Waals surface area contributed by atoms with Crippen molar-refractivity contribution in [1.29, 1.82) is 0 Å². The first-order valence-corrected chi connectivity index (χ1v) is 7.99. The number of nitro benzene ring substituents is 1. The van der Waals surface area contributed by atoms with Gasteiger partial charge in [0, 0.05) is 18.6 Å². The van der Waals surface area contributed by atoms with E-state index in [1.807, 2.05) is 0 Å². The van der Waals surface area contributed by atoms with Crippen LogP contribution < -0.4 is 0 Å². The van der Waals surface area contributed by atoms with E-state index in [0.717, 1.165) is 12.8 Å². The van der Waals surface area contributed by atoms with Crippen molar-refractivity contribution >= 4 is 11.5 Å². The van der Waals surface area contributed by atoms with E-state index >= 15 is 0 Å². The number of benzene rings is 1. The zero-order chi connectivity index (χ0) is 16.1. The summed E-state index contributed by atoms with van der Waals surface area (Å²) in [7, 11) is 0. The van der Waals surface area contributed by atoms with Gasteiger partial charge in [-0.15, -0.1) is 0 Å². The Morgan fingerprint density at radius 1 is 1.27 bits per heavy atom. The molecule has 0 saturated heterocycles. The number of hydrogen-bond acceptors (Lipinski definition) is 4. The molecule has 0 unspecified atom stereocenters. The highest BCUT2D eigenvalue weighted by molar-refractivity contribution is 5.88. The second-order valence-electron chi connectivity index (χ2n) is 6.10. The zero-order valence-electron chi connectivity index (χ0n) is 12.9. The molecule has 0 bridgehead atoms. The van der Waals surface area contributed by atoms with Crippen LogP contribution in [0.1, 0.15) is 57.1 Å². The van der Waals surface area contributed by atoms with E-state index in [4.69, 9.17) is 0 Å². The molecule has 5 nitrogen and oxygen atoms in total. The number of Topliss-reactive ketones (excluding diaryl/α,β-unsaturated/α-hetero) is 1. The van der Waals surface area contributed by atoms with Gasteiger partial charge in [0.05, 0.1) is 16.9 Å². The molecule has 0 spiro atoms. The molecule has 0 radical (unpaired) electrons. The quantitative estimate of drug-likeness (QED) is 0.450. The molecule has 1 fully saturated rings.